The van der Waals surface area contributed by atoms with Gasteiger partial charge in [-0.15, -0.1) is 24.0 Å². The lowest BCUT2D eigenvalue weighted by Crippen LogP contribution is -2.39. The summed E-state index contributed by atoms with van der Waals surface area (Å²) in [6.07, 6.45) is -0.0546. The molecule has 2 rings (SSSR count). The number of nitrogens with one attached hydrogen (secondary N) is 2. The van der Waals surface area contributed by atoms with E-state index in [1.807, 2.05) is 54.6 Å². The Hall–Kier alpha value is -2.13. The molecule has 152 valence electrons. The number of guanidine groups is 1. The largest absolute Gasteiger partial charge is 0.375 e. The van der Waals surface area contributed by atoms with Crippen molar-refractivity contribution in [3.8, 4) is 0 Å². The molecule has 0 aliphatic heterocycles. The van der Waals surface area contributed by atoms with Gasteiger partial charge in [-0.25, -0.2) is 0 Å². The van der Waals surface area contributed by atoms with Crippen LogP contribution < -0.4 is 10.6 Å². The summed E-state index contributed by atoms with van der Waals surface area (Å²) < 4.78 is 5.57. The van der Waals surface area contributed by atoms with Crippen LogP contribution in [-0.2, 0) is 11.3 Å². The number of carbonyl (C=O) groups excluding carboxylic acids is 1. The number of ether oxygens (including phenoxy) is 1. The molecule has 1 unspecified atom stereocenters. The third-order valence-corrected chi connectivity index (χ3v) is 4.20. The highest BCUT2D eigenvalue weighted by atomic mass is 127. The SMILES string of the molecule is CN=C(NCc1ccc(C(=O)N(C)C)cc1)NCC(OC)c1ccccc1.I. The molecule has 1 amide bonds. The second-order valence-corrected chi connectivity index (χ2v) is 6.34. The fourth-order valence-corrected chi connectivity index (χ4v) is 2.62. The van der Waals surface area contributed by atoms with Gasteiger partial charge in [-0.1, -0.05) is 42.5 Å². The molecule has 0 radical (unpaired) electrons. The Morgan fingerprint density at radius 3 is 2.25 bits per heavy atom. The molecule has 0 aromatic heterocycles. The molecule has 28 heavy (non-hydrogen) atoms. The van der Waals surface area contributed by atoms with Crippen LogP contribution in [0.15, 0.2) is 59.6 Å². The third-order valence-electron chi connectivity index (χ3n) is 4.20. The lowest BCUT2D eigenvalue weighted by molar-refractivity contribution is 0.0827. The Bertz CT molecular complexity index is 749. The van der Waals surface area contributed by atoms with Gasteiger partial charge in [0.05, 0.1) is 6.10 Å². The molecule has 0 aliphatic rings. The summed E-state index contributed by atoms with van der Waals surface area (Å²) in [4.78, 5) is 17.7. The topological polar surface area (TPSA) is 66.0 Å². The first-order valence-electron chi connectivity index (χ1n) is 8.88. The average Bonchev–Trinajstić information content (AvgIpc) is 2.71. The molecule has 0 bridgehead atoms. The molecule has 0 aliphatic carbocycles. The lowest BCUT2D eigenvalue weighted by Gasteiger charge is -2.19. The number of rotatable bonds is 7. The Balaban J connectivity index is 0.00000392. The molecule has 0 heterocycles. The van der Waals surface area contributed by atoms with Crippen LogP contribution in [0.4, 0.5) is 0 Å². The van der Waals surface area contributed by atoms with Crippen LogP contribution >= 0.6 is 24.0 Å². The number of benzene rings is 2. The standard InChI is InChI=1S/C21H28N4O2.HI/c1-22-21(24-15-19(27-4)17-8-6-5-7-9-17)23-14-16-10-12-18(13-11-16)20(26)25(2)3;/h5-13,19H,14-15H2,1-4H3,(H2,22,23,24);1H. The zero-order valence-electron chi connectivity index (χ0n) is 16.8. The van der Waals surface area contributed by atoms with E-state index in [9.17, 15) is 4.79 Å². The van der Waals surface area contributed by atoms with Crippen LogP contribution in [0.25, 0.3) is 0 Å². The van der Waals surface area contributed by atoms with E-state index in [0.29, 0.717) is 24.6 Å². The average molecular weight is 496 g/mol. The van der Waals surface area contributed by atoms with E-state index in [1.54, 1.807) is 33.2 Å². The van der Waals surface area contributed by atoms with E-state index < -0.39 is 0 Å². The number of amides is 1. The van der Waals surface area contributed by atoms with Gasteiger partial charge in [-0.3, -0.25) is 9.79 Å². The normalized spacial score (nSPS) is 11.9. The molecule has 1 atom stereocenters. The highest BCUT2D eigenvalue weighted by Gasteiger charge is 2.11. The Morgan fingerprint density at radius 2 is 1.71 bits per heavy atom. The fraction of sp³-hybridized carbons (Fsp3) is 0.333. The second kappa shape index (κ2) is 12.4. The summed E-state index contributed by atoms with van der Waals surface area (Å²) in [5, 5.41) is 6.56. The first-order chi connectivity index (χ1) is 13.0. The van der Waals surface area contributed by atoms with Crippen molar-refractivity contribution in [2.75, 3.05) is 34.8 Å². The maximum Gasteiger partial charge on any atom is 0.253 e. The molecule has 0 spiro atoms. The molecule has 0 saturated heterocycles. The van der Waals surface area contributed by atoms with E-state index in [4.69, 9.17) is 4.74 Å². The monoisotopic (exact) mass is 496 g/mol. The zero-order chi connectivity index (χ0) is 19.6. The van der Waals surface area contributed by atoms with Crippen molar-refractivity contribution in [2.45, 2.75) is 12.6 Å². The third kappa shape index (κ3) is 7.12. The molecular formula is C21H29IN4O2. The van der Waals surface area contributed by atoms with Crippen molar-refractivity contribution in [3.05, 3.63) is 71.3 Å². The molecule has 2 aromatic rings. The van der Waals surface area contributed by atoms with E-state index in [1.165, 1.54) is 0 Å². The van der Waals surface area contributed by atoms with Gasteiger partial charge in [-0.05, 0) is 23.3 Å². The number of nitrogens with zero attached hydrogens (tertiary/aromatic N) is 2. The Labute approximate surface area is 184 Å². The van der Waals surface area contributed by atoms with E-state index in [2.05, 4.69) is 15.6 Å². The number of hydrogen-bond acceptors (Lipinski definition) is 3. The Kier molecular flexibility index (Phi) is 10.5. The molecular weight excluding hydrogens is 467 g/mol. The van der Waals surface area contributed by atoms with Crippen LogP contribution in [0, 0.1) is 0 Å². The van der Waals surface area contributed by atoms with Gasteiger partial charge >= 0.3 is 0 Å². The zero-order valence-corrected chi connectivity index (χ0v) is 19.1. The lowest BCUT2D eigenvalue weighted by atomic mass is 10.1. The molecule has 0 fully saturated rings. The number of aliphatic imine (C=N–C) groups is 1. The van der Waals surface area contributed by atoms with E-state index in [0.717, 1.165) is 11.1 Å². The van der Waals surface area contributed by atoms with Crippen molar-refractivity contribution in [1.82, 2.24) is 15.5 Å². The van der Waals surface area contributed by atoms with Gasteiger partial charge in [0.25, 0.3) is 5.91 Å². The van der Waals surface area contributed by atoms with Gasteiger partial charge in [-0.2, -0.15) is 0 Å². The summed E-state index contributed by atoms with van der Waals surface area (Å²) in [5.41, 5.74) is 2.86. The van der Waals surface area contributed by atoms with Gasteiger partial charge < -0.3 is 20.3 Å². The predicted molar refractivity (Wildman–Crippen MR) is 124 cm³/mol. The fourth-order valence-electron chi connectivity index (χ4n) is 2.62. The molecule has 2 aromatic carbocycles. The maximum atomic E-state index is 11.9. The molecule has 6 nitrogen and oxygen atoms in total. The van der Waals surface area contributed by atoms with Crippen molar-refractivity contribution in [1.29, 1.82) is 0 Å². The highest BCUT2D eigenvalue weighted by molar-refractivity contribution is 14.0. The minimum absolute atomic E-state index is 0. The van der Waals surface area contributed by atoms with E-state index >= 15 is 0 Å². The number of halogens is 1. The Morgan fingerprint density at radius 1 is 1.07 bits per heavy atom. The number of hydrogen-bond donors (Lipinski definition) is 2. The van der Waals surface area contributed by atoms with Crippen LogP contribution in [0.1, 0.15) is 27.6 Å². The quantitative estimate of drug-likeness (QED) is 0.352. The molecule has 7 heteroatoms. The number of carbonyl (C=O) groups is 1. The van der Waals surface area contributed by atoms with Crippen molar-refractivity contribution in [3.63, 3.8) is 0 Å². The summed E-state index contributed by atoms with van der Waals surface area (Å²) in [6.45, 7) is 1.22. The summed E-state index contributed by atoms with van der Waals surface area (Å²) in [7, 11) is 6.93. The van der Waals surface area contributed by atoms with Crippen LogP contribution in [0.2, 0.25) is 0 Å². The predicted octanol–water partition coefficient (Wildman–Crippen LogP) is 3.06. The minimum Gasteiger partial charge on any atom is -0.375 e. The first kappa shape index (κ1) is 23.9. The van der Waals surface area contributed by atoms with Crippen LogP contribution in [-0.4, -0.2) is 51.6 Å². The van der Waals surface area contributed by atoms with E-state index in [-0.39, 0.29) is 36.0 Å². The molecule has 2 N–H and O–H groups in total. The maximum absolute atomic E-state index is 11.9. The summed E-state index contributed by atoms with van der Waals surface area (Å²) >= 11 is 0. The summed E-state index contributed by atoms with van der Waals surface area (Å²) in [5.74, 6) is 0.694. The first-order valence-corrected chi connectivity index (χ1v) is 8.88. The highest BCUT2D eigenvalue weighted by Crippen LogP contribution is 2.14. The van der Waals surface area contributed by atoms with Crippen LogP contribution in [0.3, 0.4) is 0 Å². The van der Waals surface area contributed by atoms with Crippen molar-refractivity contribution >= 4 is 35.8 Å². The van der Waals surface area contributed by atoms with Gasteiger partial charge in [0.2, 0.25) is 0 Å². The van der Waals surface area contributed by atoms with Crippen molar-refractivity contribution < 1.29 is 9.53 Å². The molecule has 0 saturated carbocycles. The second-order valence-electron chi connectivity index (χ2n) is 6.34. The smallest absolute Gasteiger partial charge is 0.253 e. The van der Waals surface area contributed by atoms with Gasteiger partial charge in [0.15, 0.2) is 5.96 Å². The number of methoxy groups -OCH3 is 1. The minimum atomic E-state index is -0.0546. The van der Waals surface area contributed by atoms with Crippen molar-refractivity contribution in [2.24, 2.45) is 4.99 Å². The van der Waals surface area contributed by atoms with Gasteiger partial charge in [0.1, 0.15) is 0 Å². The van der Waals surface area contributed by atoms with Crippen LogP contribution in [0.5, 0.6) is 0 Å². The van der Waals surface area contributed by atoms with Gasteiger partial charge in [0, 0.05) is 46.9 Å². The summed E-state index contributed by atoms with van der Waals surface area (Å²) in [6, 6.07) is 17.6.